The average Bonchev–Trinajstić information content (AvgIpc) is 2.64. The van der Waals surface area contributed by atoms with Gasteiger partial charge in [0.2, 0.25) is 0 Å². The normalized spacial score (nSPS) is 13.5. The molecule has 0 bridgehead atoms. The third kappa shape index (κ3) is 5.48. The van der Waals surface area contributed by atoms with E-state index in [1.165, 1.54) is 11.1 Å². The molecule has 4 nitrogen and oxygen atoms in total. The molecule has 0 amide bonds. The third-order valence-corrected chi connectivity index (χ3v) is 4.32. The summed E-state index contributed by atoms with van der Waals surface area (Å²) in [4.78, 5) is 2.03. The fraction of sp³-hybridized carbons (Fsp3) is 0.429. The van der Waals surface area contributed by atoms with Gasteiger partial charge in [0.15, 0.2) is 6.23 Å². The standard InChI is InChI=1S/C21H29NO3/c1-16(23-4)21(22(2)3)25-20-12-7-6-10-18(20)14-13-17-9-8-11-19(15-17)24-5/h6-12,15-16,21H,13-14H2,1-5H3/t16?,21-/m0/s1. The van der Waals surface area contributed by atoms with Gasteiger partial charge >= 0.3 is 0 Å². The van der Waals surface area contributed by atoms with Gasteiger partial charge < -0.3 is 14.2 Å². The van der Waals surface area contributed by atoms with E-state index in [0.29, 0.717) is 0 Å². The van der Waals surface area contributed by atoms with Gasteiger partial charge in [-0.05, 0) is 63.2 Å². The Morgan fingerprint density at radius 1 is 0.960 bits per heavy atom. The van der Waals surface area contributed by atoms with Crippen molar-refractivity contribution in [2.45, 2.75) is 32.1 Å². The van der Waals surface area contributed by atoms with E-state index in [4.69, 9.17) is 14.2 Å². The van der Waals surface area contributed by atoms with Crippen molar-refractivity contribution in [2.75, 3.05) is 28.3 Å². The first kappa shape index (κ1) is 19.3. The van der Waals surface area contributed by atoms with E-state index >= 15 is 0 Å². The number of hydrogen-bond donors (Lipinski definition) is 0. The lowest BCUT2D eigenvalue weighted by atomic mass is 10.0. The number of nitrogens with zero attached hydrogens (tertiary/aromatic N) is 1. The minimum absolute atomic E-state index is 0.0264. The Morgan fingerprint density at radius 2 is 1.72 bits per heavy atom. The quantitative estimate of drug-likeness (QED) is 0.648. The number of aryl methyl sites for hydroxylation is 2. The van der Waals surface area contributed by atoms with Crippen LogP contribution in [0.4, 0.5) is 0 Å². The molecule has 0 spiro atoms. The highest BCUT2D eigenvalue weighted by Gasteiger charge is 2.22. The van der Waals surface area contributed by atoms with E-state index in [0.717, 1.165) is 24.3 Å². The van der Waals surface area contributed by atoms with Gasteiger partial charge in [-0.3, -0.25) is 4.90 Å². The Bertz CT molecular complexity index is 657. The molecule has 4 heteroatoms. The van der Waals surface area contributed by atoms with Crippen LogP contribution in [-0.4, -0.2) is 45.5 Å². The fourth-order valence-electron chi connectivity index (χ4n) is 2.80. The average molecular weight is 343 g/mol. The number of rotatable bonds is 9. The van der Waals surface area contributed by atoms with Gasteiger partial charge in [0, 0.05) is 7.11 Å². The Kier molecular flexibility index (Phi) is 7.29. The molecule has 1 unspecified atom stereocenters. The van der Waals surface area contributed by atoms with Gasteiger partial charge in [-0.15, -0.1) is 0 Å². The number of benzene rings is 2. The van der Waals surface area contributed by atoms with Crippen molar-refractivity contribution in [3.05, 3.63) is 59.7 Å². The molecular formula is C21H29NO3. The number of hydrogen-bond acceptors (Lipinski definition) is 4. The van der Waals surface area contributed by atoms with E-state index in [2.05, 4.69) is 24.3 Å². The van der Waals surface area contributed by atoms with Crippen LogP contribution < -0.4 is 9.47 Å². The van der Waals surface area contributed by atoms with Gasteiger partial charge in [-0.25, -0.2) is 0 Å². The zero-order valence-electron chi connectivity index (χ0n) is 15.9. The van der Waals surface area contributed by atoms with Gasteiger partial charge in [-0.1, -0.05) is 30.3 Å². The summed E-state index contributed by atoms with van der Waals surface area (Å²) < 4.78 is 17.0. The van der Waals surface area contributed by atoms with Crippen LogP contribution in [0.25, 0.3) is 0 Å². The van der Waals surface area contributed by atoms with Crippen LogP contribution in [-0.2, 0) is 17.6 Å². The zero-order valence-corrected chi connectivity index (χ0v) is 15.9. The molecular weight excluding hydrogens is 314 g/mol. The number of ether oxygens (including phenoxy) is 3. The summed E-state index contributed by atoms with van der Waals surface area (Å²) in [6, 6.07) is 16.4. The van der Waals surface area contributed by atoms with Crippen LogP contribution in [0.5, 0.6) is 11.5 Å². The topological polar surface area (TPSA) is 30.9 Å². The predicted molar refractivity (Wildman–Crippen MR) is 101 cm³/mol. The van der Waals surface area contributed by atoms with Crippen molar-refractivity contribution in [1.29, 1.82) is 0 Å². The van der Waals surface area contributed by atoms with E-state index in [1.54, 1.807) is 14.2 Å². The maximum atomic E-state index is 6.27. The molecule has 2 rings (SSSR count). The number of para-hydroxylation sites is 1. The Hall–Kier alpha value is -2.04. The summed E-state index contributed by atoms with van der Waals surface area (Å²) in [6.07, 6.45) is 1.68. The van der Waals surface area contributed by atoms with Crippen LogP contribution in [0.1, 0.15) is 18.1 Å². The van der Waals surface area contributed by atoms with E-state index in [-0.39, 0.29) is 12.3 Å². The SMILES string of the molecule is COc1cccc(CCc2ccccc2O[C@@H](C(C)OC)N(C)C)c1. The highest BCUT2D eigenvalue weighted by Crippen LogP contribution is 2.24. The molecule has 2 aromatic carbocycles. The van der Waals surface area contributed by atoms with Crippen LogP contribution >= 0.6 is 0 Å². The third-order valence-electron chi connectivity index (χ3n) is 4.32. The van der Waals surface area contributed by atoms with Crippen molar-refractivity contribution >= 4 is 0 Å². The van der Waals surface area contributed by atoms with Gasteiger partial charge in [0.25, 0.3) is 0 Å². The van der Waals surface area contributed by atoms with Crippen LogP contribution in [0.2, 0.25) is 0 Å². The molecule has 0 aromatic heterocycles. The minimum atomic E-state index is -0.136. The molecule has 2 atom stereocenters. The predicted octanol–water partition coefficient (Wildman–Crippen LogP) is 3.78. The molecule has 2 aromatic rings. The lowest BCUT2D eigenvalue weighted by molar-refractivity contribution is -0.0554. The summed E-state index contributed by atoms with van der Waals surface area (Å²) in [6.45, 7) is 2.02. The smallest absolute Gasteiger partial charge is 0.178 e. The Morgan fingerprint density at radius 3 is 2.40 bits per heavy atom. The van der Waals surface area contributed by atoms with Crippen molar-refractivity contribution < 1.29 is 14.2 Å². The summed E-state index contributed by atoms with van der Waals surface area (Å²) in [5, 5.41) is 0. The van der Waals surface area contributed by atoms with Crippen molar-refractivity contribution in [3.8, 4) is 11.5 Å². The molecule has 25 heavy (non-hydrogen) atoms. The van der Waals surface area contributed by atoms with Crippen LogP contribution in [0, 0.1) is 0 Å². The first-order chi connectivity index (χ1) is 12.0. The number of methoxy groups -OCH3 is 2. The second-order valence-corrected chi connectivity index (χ2v) is 6.37. The lowest BCUT2D eigenvalue weighted by Gasteiger charge is -2.30. The fourth-order valence-corrected chi connectivity index (χ4v) is 2.80. The molecule has 136 valence electrons. The molecule has 0 saturated carbocycles. The molecule has 0 radical (unpaired) electrons. The summed E-state index contributed by atoms with van der Waals surface area (Å²) in [5.74, 6) is 1.80. The maximum absolute atomic E-state index is 6.27. The Balaban J connectivity index is 2.11. The van der Waals surface area contributed by atoms with Gasteiger partial charge in [0.1, 0.15) is 17.6 Å². The Labute approximate surface area is 151 Å². The van der Waals surface area contributed by atoms with Crippen molar-refractivity contribution in [1.82, 2.24) is 4.90 Å². The zero-order chi connectivity index (χ0) is 18.2. The monoisotopic (exact) mass is 343 g/mol. The molecule has 0 heterocycles. The first-order valence-electron chi connectivity index (χ1n) is 8.62. The summed E-state index contributed by atoms with van der Waals surface area (Å²) in [7, 11) is 7.40. The van der Waals surface area contributed by atoms with E-state index < -0.39 is 0 Å². The summed E-state index contributed by atoms with van der Waals surface area (Å²) >= 11 is 0. The largest absolute Gasteiger partial charge is 0.497 e. The molecule has 0 fully saturated rings. The van der Waals surface area contributed by atoms with E-state index in [9.17, 15) is 0 Å². The molecule has 0 N–H and O–H groups in total. The molecule has 0 aliphatic heterocycles. The molecule has 0 aliphatic rings. The highest BCUT2D eigenvalue weighted by atomic mass is 16.5. The van der Waals surface area contributed by atoms with Gasteiger partial charge in [-0.2, -0.15) is 0 Å². The van der Waals surface area contributed by atoms with E-state index in [1.807, 2.05) is 50.2 Å². The first-order valence-corrected chi connectivity index (χ1v) is 8.62. The maximum Gasteiger partial charge on any atom is 0.178 e. The molecule has 0 aliphatic carbocycles. The second kappa shape index (κ2) is 9.44. The number of likely N-dealkylation sites (N-methyl/N-ethyl adjacent to an activating group) is 1. The highest BCUT2D eigenvalue weighted by molar-refractivity contribution is 5.35. The molecule has 0 saturated heterocycles. The van der Waals surface area contributed by atoms with Gasteiger partial charge in [0.05, 0.1) is 7.11 Å². The van der Waals surface area contributed by atoms with Crippen LogP contribution in [0.3, 0.4) is 0 Å². The second-order valence-electron chi connectivity index (χ2n) is 6.37. The minimum Gasteiger partial charge on any atom is -0.497 e. The van der Waals surface area contributed by atoms with Crippen LogP contribution in [0.15, 0.2) is 48.5 Å². The van der Waals surface area contributed by atoms with Crippen molar-refractivity contribution in [3.63, 3.8) is 0 Å². The van der Waals surface area contributed by atoms with Crippen molar-refractivity contribution in [2.24, 2.45) is 0 Å². The lowest BCUT2D eigenvalue weighted by Crippen LogP contribution is -2.43. The summed E-state index contributed by atoms with van der Waals surface area (Å²) in [5.41, 5.74) is 2.45.